The summed E-state index contributed by atoms with van der Waals surface area (Å²) in [6.45, 7) is 0. The molecule has 0 radical (unpaired) electrons. The zero-order valence-corrected chi connectivity index (χ0v) is 12.2. The minimum Gasteiger partial charge on any atom is -0.481 e. The molecule has 1 heterocycles. The molecule has 0 bridgehead atoms. The second-order valence-corrected chi connectivity index (χ2v) is 6.20. The number of carboxylic acids is 1. The van der Waals surface area contributed by atoms with Gasteiger partial charge in [0.2, 0.25) is 0 Å². The van der Waals surface area contributed by atoms with Crippen LogP contribution in [0.25, 0.3) is 10.9 Å². The summed E-state index contributed by atoms with van der Waals surface area (Å²) in [5.74, 6) is -0.683. The van der Waals surface area contributed by atoms with Crippen molar-refractivity contribution in [1.29, 1.82) is 0 Å². The third-order valence-corrected chi connectivity index (χ3v) is 4.96. The molecule has 0 amide bonds. The highest BCUT2D eigenvalue weighted by Gasteiger charge is 2.41. The van der Waals surface area contributed by atoms with Crippen LogP contribution < -0.4 is 0 Å². The van der Waals surface area contributed by atoms with Crippen LogP contribution in [0.15, 0.2) is 28.9 Å². The molecule has 1 saturated carbocycles. The van der Waals surface area contributed by atoms with Crippen LogP contribution in [0.5, 0.6) is 0 Å². The molecule has 1 fully saturated rings. The van der Waals surface area contributed by atoms with Crippen molar-refractivity contribution >= 4 is 32.8 Å². The van der Waals surface area contributed by atoms with Gasteiger partial charge in [-0.3, -0.25) is 4.79 Å². The molecule has 19 heavy (non-hydrogen) atoms. The van der Waals surface area contributed by atoms with E-state index in [2.05, 4.69) is 20.9 Å². The molecule has 0 aliphatic heterocycles. The Bertz CT molecular complexity index is 626. The van der Waals surface area contributed by atoms with E-state index >= 15 is 0 Å². The fourth-order valence-corrected chi connectivity index (χ4v) is 3.63. The van der Waals surface area contributed by atoms with Crippen molar-refractivity contribution in [3.8, 4) is 0 Å². The van der Waals surface area contributed by atoms with E-state index in [1.54, 1.807) is 0 Å². The lowest BCUT2D eigenvalue weighted by Crippen LogP contribution is -2.37. The molecule has 1 aliphatic rings. The third-order valence-electron chi connectivity index (χ3n) is 4.30. The van der Waals surface area contributed by atoms with E-state index in [9.17, 15) is 9.90 Å². The number of aromatic amines is 1. The van der Waals surface area contributed by atoms with E-state index < -0.39 is 11.4 Å². The fourth-order valence-electron chi connectivity index (χ4n) is 3.17. The average molecular weight is 322 g/mol. The van der Waals surface area contributed by atoms with E-state index in [1.165, 1.54) is 0 Å². The maximum absolute atomic E-state index is 11.8. The van der Waals surface area contributed by atoms with Crippen LogP contribution >= 0.6 is 15.9 Å². The zero-order chi connectivity index (χ0) is 13.5. The molecule has 1 aromatic carbocycles. The van der Waals surface area contributed by atoms with Gasteiger partial charge in [0, 0.05) is 21.6 Å². The quantitative estimate of drug-likeness (QED) is 0.870. The smallest absolute Gasteiger partial charge is 0.314 e. The largest absolute Gasteiger partial charge is 0.481 e. The SMILES string of the molecule is O=C(O)C1(c2ccc3c(Br)c[nH]c3c2)CCCCC1. The van der Waals surface area contributed by atoms with Crippen LogP contribution in [0.1, 0.15) is 37.7 Å². The van der Waals surface area contributed by atoms with Gasteiger partial charge in [-0.05, 0) is 40.4 Å². The third kappa shape index (κ3) is 1.98. The van der Waals surface area contributed by atoms with Crippen LogP contribution in [0.3, 0.4) is 0 Å². The van der Waals surface area contributed by atoms with E-state index in [1.807, 2.05) is 24.4 Å². The van der Waals surface area contributed by atoms with Gasteiger partial charge in [0.15, 0.2) is 0 Å². The van der Waals surface area contributed by atoms with Crippen molar-refractivity contribution in [2.24, 2.45) is 0 Å². The first-order valence-corrected chi connectivity index (χ1v) is 7.43. The maximum Gasteiger partial charge on any atom is 0.314 e. The van der Waals surface area contributed by atoms with Gasteiger partial charge in [0.1, 0.15) is 0 Å². The molecule has 0 saturated heterocycles. The van der Waals surface area contributed by atoms with Crippen molar-refractivity contribution in [3.63, 3.8) is 0 Å². The molecule has 100 valence electrons. The first-order chi connectivity index (χ1) is 9.13. The monoisotopic (exact) mass is 321 g/mol. The fraction of sp³-hybridized carbons (Fsp3) is 0.400. The van der Waals surface area contributed by atoms with Crippen LogP contribution in [0.2, 0.25) is 0 Å². The van der Waals surface area contributed by atoms with E-state index in [-0.39, 0.29) is 0 Å². The highest BCUT2D eigenvalue weighted by atomic mass is 79.9. The Morgan fingerprint density at radius 1 is 1.26 bits per heavy atom. The highest BCUT2D eigenvalue weighted by Crippen LogP contribution is 2.41. The minimum absolute atomic E-state index is 0.683. The number of hydrogen-bond donors (Lipinski definition) is 2. The minimum atomic E-state index is -0.690. The second-order valence-electron chi connectivity index (χ2n) is 5.34. The summed E-state index contributed by atoms with van der Waals surface area (Å²) in [4.78, 5) is 15.0. The number of nitrogens with one attached hydrogen (secondary N) is 1. The molecule has 3 nitrogen and oxygen atoms in total. The van der Waals surface area contributed by atoms with Gasteiger partial charge in [0.05, 0.1) is 5.41 Å². The van der Waals surface area contributed by atoms with Crippen LogP contribution in [0.4, 0.5) is 0 Å². The predicted octanol–water partition coefficient (Wildman–Crippen LogP) is 4.22. The van der Waals surface area contributed by atoms with Crippen molar-refractivity contribution in [1.82, 2.24) is 4.98 Å². The van der Waals surface area contributed by atoms with Gasteiger partial charge in [-0.15, -0.1) is 0 Å². The zero-order valence-electron chi connectivity index (χ0n) is 10.6. The lowest BCUT2D eigenvalue weighted by molar-refractivity contribution is -0.145. The van der Waals surface area contributed by atoms with Crippen LogP contribution in [-0.4, -0.2) is 16.1 Å². The number of halogens is 1. The van der Waals surface area contributed by atoms with Gasteiger partial charge < -0.3 is 10.1 Å². The van der Waals surface area contributed by atoms with Crippen LogP contribution in [-0.2, 0) is 10.2 Å². The summed E-state index contributed by atoms with van der Waals surface area (Å²) < 4.78 is 1.02. The number of H-pyrrole nitrogens is 1. The molecule has 2 N–H and O–H groups in total. The van der Waals surface area contributed by atoms with Crippen molar-refractivity contribution in [3.05, 3.63) is 34.4 Å². The molecule has 0 spiro atoms. The Morgan fingerprint density at radius 3 is 2.68 bits per heavy atom. The van der Waals surface area contributed by atoms with Gasteiger partial charge >= 0.3 is 5.97 Å². The Balaban J connectivity index is 2.12. The number of carboxylic acid groups (broad SMARTS) is 1. The summed E-state index contributed by atoms with van der Waals surface area (Å²) in [6, 6.07) is 5.98. The number of fused-ring (bicyclic) bond motifs is 1. The van der Waals surface area contributed by atoms with Crippen molar-refractivity contribution < 1.29 is 9.90 Å². The summed E-state index contributed by atoms with van der Waals surface area (Å²) in [7, 11) is 0. The summed E-state index contributed by atoms with van der Waals surface area (Å²) in [5.41, 5.74) is 1.24. The maximum atomic E-state index is 11.8. The number of aliphatic carboxylic acids is 1. The summed E-state index contributed by atoms with van der Waals surface area (Å²) in [6.07, 6.45) is 6.52. The Morgan fingerprint density at radius 2 is 2.00 bits per heavy atom. The lowest BCUT2D eigenvalue weighted by Gasteiger charge is -2.33. The second kappa shape index (κ2) is 4.67. The topological polar surface area (TPSA) is 53.1 Å². The molecule has 0 atom stereocenters. The number of rotatable bonds is 2. The molecule has 4 heteroatoms. The standard InChI is InChI=1S/C15H16BrNO2/c16-12-9-17-13-8-10(4-5-11(12)13)15(14(18)19)6-2-1-3-7-15/h4-5,8-9,17H,1-3,6-7H2,(H,18,19). The molecule has 0 unspecified atom stereocenters. The van der Waals surface area contributed by atoms with Gasteiger partial charge in [-0.1, -0.05) is 31.4 Å². The molecule has 1 aliphatic carbocycles. The first-order valence-electron chi connectivity index (χ1n) is 6.64. The Labute approximate surface area is 120 Å². The van der Waals surface area contributed by atoms with Crippen molar-refractivity contribution in [2.45, 2.75) is 37.5 Å². The van der Waals surface area contributed by atoms with Gasteiger partial charge in [0.25, 0.3) is 0 Å². The highest BCUT2D eigenvalue weighted by molar-refractivity contribution is 9.10. The predicted molar refractivity (Wildman–Crippen MR) is 78.4 cm³/mol. The number of hydrogen-bond acceptors (Lipinski definition) is 1. The Hall–Kier alpha value is -1.29. The molecule has 2 aromatic rings. The molecular weight excluding hydrogens is 306 g/mol. The molecular formula is C15H16BrNO2. The molecule has 1 aromatic heterocycles. The van der Waals surface area contributed by atoms with Gasteiger partial charge in [-0.2, -0.15) is 0 Å². The normalized spacial score (nSPS) is 18.6. The average Bonchev–Trinajstić information content (AvgIpc) is 2.80. The summed E-state index contributed by atoms with van der Waals surface area (Å²) >= 11 is 3.48. The number of benzene rings is 1. The van der Waals surface area contributed by atoms with Crippen LogP contribution in [0, 0.1) is 0 Å². The first kappa shape index (κ1) is 12.7. The molecule has 3 rings (SSSR count). The summed E-state index contributed by atoms with van der Waals surface area (Å²) in [5, 5.41) is 10.8. The number of carbonyl (C=O) groups is 1. The van der Waals surface area contributed by atoms with Gasteiger partial charge in [-0.25, -0.2) is 0 Å². The van der Waals surface area contributed by atoms with E-state index in [4.69, 9.17) is 0 Å². The van der Waals surface area contributed by atoms with E-state index in [0.29, 0.717) is 0 Å². The van der Waals surface area contributed by atoms with Crippen molar-refractivity contribution in [2.75, 3.05) is 0 Å². The number of aromatic nitrogens is 1. The Kier molecular flexibility index (Phi) is 3.13. The lowest BCUT2D eigenvalue weighted by atomic mass is 9.69. The van der Waals surface area contributed by atoms with E-state index in [0.717, 1.165) is 53.0 Å².